The van der Waals surface area contributed by atoms with Crippen molar-refractivity contribution in [3.63, 3.8) is 0 Å². The predicted octanol–water partition coefficient (Wildman–Crippen LogP) is 2.45. The molecule has 0 spiro atoms. The van der Waals surface area contributed by atoms with Crippen LogP contribution in [-0.4, -0.2) is 18.3 Å². The van der Waals surface area contributed by atoms with Crippen LogP contribution in [0.3, 0.4) is 0 Å². The predicted molar refractivity (Wildman–Crippen MR) is 64.0 cm³/mol. The van der Waals surface area contributed by atoms with Crippen molar-refractivity contribution in [3.8, 4) is 0 Å². The third-order valence-corrected chi connectivity index (χ3v) is 2.76. The third kappa shape index (κ3) is 4.65. The summed E-state index contributed by atoms with van der Waals surface area (Å²) in [6.07, 6.45) is 0.843. The van der Waals surface area contributed by atoms with Crippen molar-refractivity contribution >= 4 is 11.6 Å². The molecule has 0 aliphatic rings. The number of rotatable bonds is 6. The molecule has 2 N–H and O–H groups in total. The highest BCUT2D eigenvalue weighted by molar-refractivity contribution is 6.31. The highest BCUT2D eigenvalue weighted by Crippen LogP contribution is 2.14. The van der Waals surface area contributed by atoms with Gasteiger partial charge in [-0.05, 0) is 30.5 Å². The van der Waals surface area contributed by atoms with Crippen LogP contribution in [0.5, 0.6) is 0 Å². The van der Waals surface area contributed by atoms with Gasteiger partial charge in [-0.1, -0.05) is 36.7 Å². The van der Waals surface area contributed by atoms with E-state index in [1.165, 1.54) is 0 Å². The van der Waals surface area contributed by atoms with Gasteiger partial charge in [0.05, 0.1) is 0 Å². The fourth-order valence-electron chi connectivity index (χ4n) is 1.42. The molecule has 1 aromatic rings. The van der Waals surface area contributed by atoms with Crippen LogP contribution in [0.4, 0.5) is 0 Å². The van der Waals surface area contributed by atoms with Crippen molar-refractivity contribution in [2.45, 2.75) is 19.9 Å². The standard InChI is InChI=1S/C12H18ClNO/c1-10(6-7-15)8-14-9-11-4-2-3-5-12(11)13/h2-5,10,14-15H,6-9H2,1H3. The number of hydrogen-bond acceptors (Lipinski definition) is 2. The molecule has 0 aliphatic heterocycles. The average Bonchev–Trinajstić information content (AvgIpc) is 2.21. The molecule has 1 atom stereocenters. The first-order chi connectivity index (χ1) is 7.24. The minimum atomic E-state index is 0.259. The van der Waals surface area contributed by atoms with Gasteiger partial charge in [-0.3, -0.25) is 0 Å². The quantitative estimate of drug-likeness (QED) is 0.783. The van der Waals surface area contributed by atoms with Crippen LogP contribution >= 0.6 is 11.6 Å². The topological polar surface area (TPSA) is 32.3 Å². The van der Waals surface area contributed by atoms with Gasteiger partial charge in [0.2, 0.25) is 0 Å². The normalized spacial score (nSPS) is 12.7. The number of aliphatic hydroxyl groups excluding tert-OH is 1. The molecule has 0 saturated heterocycles. The highest BCUT2D eigenvalue weighted by atomic mass is 35.5. The minimum absolute atomic E-state index is 0.259. The molecular formula is C12H18ClNO. The Hall–Kier alpha value is -0.570. The molecule has 0 aliphatic carbocycles. The lowest BCUT2D eigenvalue weighted by molar-refractivity contribution is 0.260. The van der Waals surface area contributed by atoms with E-state index >= 15 is 0 Å². The Bertz CT molecular complexity index is 291. The zero-order valence-electron chi connectivity index (χ0n) is 9.04. The van der Waals surface area contributed by atoms with Gasteiger partial charge in [0.15, 0.2) is 0 Å². The summed E-state index contributed by atoms with van der Waals surface area (Å²) in [4.78, 5) is 0. The van der Waals surface area contributed by atoms with E-state index in [4.69, 9.17) is 16.7 Å². The van der Waals surface area contributed by atoms with E-state index in [1.807, 2.05) is 24.3 Å². The summed E-state index contributed by atoms with van der Waals surface area (Å²) in [7, 11) is 0. The fraction of sp³-hybridized carbons (Fsp3) is 0.500. The van der Waals surface area contributed by atoms with Gasteiger partial charge < -0.3 is 10.4 Å². The van der Waals surface area contributed by atoms with Crippen molar-refractivity contribution < 1.29 is 5.11 Å². The van der Waals surface area contributed by atoms with E-state index in [9.17, 15) is 0 Å². The molecule has 1 unspecified atom stereocenters. The van der Waals surface area contributed by atoms with Crippen molar-refractivity contribution in [1.29, 1.82) is 0 Å². The van der Waals surface area contributed by atoms with E-state index in [0.29, 0.717) is 5.92 Å². The molecular weight excluding hydrogens is 210 g/mol. The van der Waals surface area contributed by atoms with Gasteiger partial charge in [0.25, 0.3) is 0 Å². The van der Waals surface area contributed by atoms with Crippen LogP contribution in [0.2, 0.25) is 5.02 Å². The molecule has 0 saturated carbocycles. The average molecular weight is 228 g/mol. The van der Waals surface area contributed by atoms with Crippen molar-refractivity contribution in [3.05, 3.63) is 34.9 Å². The summed E-state index contributed by atoms with van der Waals surface area (Å²) in [5, 5.41) is 12.9. The van der Waals surface area contributed by atoms with Crippen molar-refractivity contribution in [1.82, 2.24) is 5.32 Å². The van der Waals surface area contributed by atoms with Crippen molar-refractivity contribution in [2.24, 2.45) is 5.92 Å². The zero-order valence-corrected chi connectivity index (χ0v) is 9.80. The number of halogens is 1. The molecule has 1 rings (SSSR count). The summed E-state index contributed by atoms with van der Waals surface area (Å²) in [5.41, 5.74) is 1.12. The first-order valence-electron chi connectivity index (χ1n) is 5.29. The lowest BCUT2D eigenvalue weighted by Gasteiger charge is -2.11. The van der Waals surface area contributed by atoms with Crippen molar-refractivity contribution in [2.75, 3.05) is 13.2 Å². The Morgan fingerprint density at radius 3 is 2.80 bits per heavy atom. The second-order valence-corrected chi connectivity index (χ2v) is 4.25. The molecule has 3 heteroatoms. The van der Waals surface area contributed by atoms with Gasteiger partial charge in [-0.15, -0.1) is 0 Å². The summed E-state index contributed by atoms with van der Waals surface area (Å²) >= 11 is 6.02. The molecule has 0 radical (unpaired) electrons. The Morgan fingerprint density at radius 1 is 1.40 bits per heavy atom. The second-order valence-electron chi connectivity index (χ2n) is 3.84. The summed E-state index contributed by atoms with van der Waals surface area (Å²) < 4.78 is 0. The van der Waals surface area contributed by atoms with Crippen LogP contribution in [-0.2, 0) is 6.54 Å². The number of benzene rings is 1. The van der Waals surface area contributed by atoms with E-state index in [0.717, 1.165) is 30.1 Å². The number of hydrogen-bond donors (Lipinski definition) is 2. The second kappa shape index (κ2) is 6.83. The first-order valence-corrected chi connectivity index (χ1v) is 5.67. The lowest BCUT2D eigenvalue weighted by Crippen LogP contribution is -2.21. The third-order valence-electron chi connectivity index (χ3n) is 2.39. The van der Waals surface area contributed by atoms with Crippen LogP contribution in [0.15, 0.2) is 24.3 Å². The van der Waals surface area contributed by atoms with Crippen LogP contribution in [0.1, 0.15) is 18.9 Å². The number of nitrogens with one attached hydrogen (secondary N) is 1. The molecule has 1 aromatic carbocycles. The van der Waals surface area contributed by atoms with Gasteiger partial charge in [0, 0.05) is 18.2 Å². The Morgan fingerprint density at radius 2 is 2.13 bits per heavy atom. The van der Waals surface area contributed by atoms with Crippen LogP contribution in [0, 0.1) is 5.92 Å². The molecule has 0 amide bonds. The van der Waals surface area contributed by atoms with Crippen LogP contribution < -0.4 is 5.32 Å². The molecule has 0 aromatic heterocycles. The molecule has 0 heterocycles. The van der Waals surface area contributed by atoms with Gasteiger partial charge >= 0.3 is 0 Å². The molecule has 0 bridgehead atoms. The molecule has 15 heavy (non-hydrogen) atoms. The summed E-state index contributed by atoms with van der Waals surface area (Å²) in [6, 6.07) is 7.84. The summed E-state index contributed by atoms with van der Waals surface area (Å²) in [5.74, 6) is 0.498. The zero-order chi connectivity index (χ0) is 11.1. The van der Waals surface area contributed by atoms with Gasteiger partial charge in [-0.2, -0.15) is 0 Å². The molecule has 0 fully saturated rings. The van der Waals surface area contributed by atoms with Crippen LogP contribution in [0.25, 0.3) is 0 Å². The van der Waals surface area contributed by atoms with E-state index < -0.39 is 0 Å². The Balaban J connectivity index is 2.29. The maximum Gasteiger partial charge on any atom is 0.0450 e. The Kier molecular flexibility index (Phi) is 5.69. The molecule has 2 nitrogen and oxygen atoms in total. The molecule has 84 valence electrons. The summed E-state index contributed by atoms with van der Waals surface area (Å²) in [6.45, 7) is 4.08. The largest absolute Gasteiger partial charge is 0.396 e. The maximum atomic E-state index is 8.75. The van der Waals surface area contributed by atoms with E-state index in [2.05, 4.69) is 12.2 Å². The van der Waals surface area contributed by atoms with E-state index in [-0.39, 0.29) is 6.61 Å². The highest BCUT2D eigenvalue weighted by Gasteiger charge is 2.02. The lowest BCUT2D eigenvalue weighted by atomic mass is 10.1. The van der Waals surface area contributed by atoms with Gasteiger partial charge in [0.1, 0.15) is 0 Å². The fourth-order valence-corrected chi connectivity index (χ4v) is 1.62. The Labute approximate surface area is 96.3 Å². The first kappa shape index (κ1) is 12.5. The number of aliphatic hydroxyl groups is 1. The van der Waals surface area contributed by atoms with E-state index in [1.54, 1.807) is 0 Å². The van der Waals surface area contributed by atoms with Gasteiger partial charge in [-0.25, -0.2) is 0 Å². The smallest absolute Gasteiger partial charge is 0.0450 e. The maximum absolute atomic E-state index is 8.75. The SMILES string of the molecule is CC(CCO)CNCc1ccccc1Cl. The minimum Gasteiger partial charge on any atom is -0.396 e. The monoisotopic (exact) mass is 227 g/mol.